The highest BCUT2D eigenvalue weighted by molar-refractivity contribution is 5.67. The first kappa shape index (κ1) is 13.6. The number of nitrogens with zero attached hydrogens (tertiary/aromatic N) is 1. The minimum Gasteiger partial charge on any atom is -0.397 e. The summed E-state index contributed by atoms with van der Waals surface area (Å²) in [7, 11) is 0. The van der Waals surface area contributed by atoms with E-state index in [1.165, 1.54) is 0 Å². The second-order valence-corrected chi connectivity index (χ2v) is 4.38. The Kier molecular flexibility index (Phi) is 3.73. The van der Waals surface area contributed by atoms with Crippen LogP contribution < -0.4 is 17.0 Å². The van der Waals surface area contributed by atoms with Crippen LogP contribution in [0.2, 0.25) is 0 Å². The number of pyridine rings is 1. The van der Waals surface area contributed by atoms with E-state index in [-0.39, 0.29) is 29.1 Å². The lowest BCUT2D eigenvalue weighted by molar-refractivity contribution is 0.178. The minimum atomic E-state index is -0.880. The number of nitrogen functional groups attached to an aromatic ring is 2. The molecule has 0 aliphatic rings. The van der Waals surface area contributed by atoms with Gasteiger partial charge in [-0.25, -0.2) is 0 Å². The van der Waals surface area contributed by atoms with Gasteiger partial charge in [-0.05, 0) is 5.56 Å². The van der Waals surface area contributed by atoms with Gasteiger partial charge in [0.05, 0.1) is 11.8 Å². The van der Waals surface area contributed by atoms with Gasteiger partial charge in [0.1, 0.15) is 17.5 Å². The summed E-state index contributed by atoms with van der Waals surface area (Å²) >= 11 is 0. The number of aliphatic hydroxyl groups excluding tert-OH is 1. The second-order valence-electron chi connectivity index (χ2n) is 4.38. The molecule has 6 heteroatoms. The van der Waals surface area contributed by atoms with Crippen LogP contribution in [0.4, 0.5) is 11.5 Å². The molecular weight excluding hydrogens is 256 g/mol. The fourth-order valence-electron chi connectivity index (χ4n) is 1.99. The first-order valence-corrected chi connectivity index (χ1v) is 5.97. The predicted octanol–water partition coefficient (Wildman–Crippen LogP) is 0.687. The largest absolute Gasteiger partial charge is 0.397 e. The van der Waals surface area contributed by atoms with Crippen LogP contribution in [0, 0.1) is 11.3 Å². The van der Waals surface area contributed by atoms with Gasteiger partial charge < -0.3 is 21.6 Å². The Bertz CT molecular complexity index is 716. The number of rotatable bonds is 3. The average molecular weight is 270 g/mol. The summed E-state index contributed by atoms with van der Waals surface area (Å²) in [5.74, 6) is -0.0621. The summed E-state index contributed by atoms with van der Waals surface area (Å²) in [6.07, 6.45) is -0.866. The molecule has 0 radical (unpaired) electrons. The fourth-order valence-corrected chi connectivity index (χ4v) is 1.99. The Hall–Kier alpha value is -2.78. The highest BCUT2D eigenvalue weighted by atomic mass is 16.3. The second kappa shape index (κ2) is 5.47. The summed E-state index contributed by atoms with van der Waals surface area (Å²) in [6.45, 7) is 0. The zero-order chi connectivity index (χ0) is 14.7. The van der Waals surface area contributed by atoms with Gasteiger partial charge in [-0.2, -0.15) is 5.26 Å². The van der Waals surface area contributed by atoms with Crippen molar-refractivity contribution in [1.82, 2.24) is 4.98 Å². The van der Waals surface area contributed by atoms with Crippen LogP contribution in [-0.2, 0) is 6.42 Å². The van der Waals surface area contributed by atoms with E-state index >= 15 is 0 Å². The fraction of sp³-hybridized carbons (Fsp3) is 0.143. The molecule has 0 saturated carbocycles. The maximum absolute atomic E-state index is 11.9. The maximum Gasteiger partial charge on any atom is 0.254 e. The van der Waals surface area contributed by atoms with Crippen molar-refractivity contribution in [3.63, 3.8) is 0 Å². The van der Waals surface area contributed by atoms with Crippen LogP contribution in [0.1, 0.15) is 22.8 Å². The first-order chi connectivity index (χ1) is 9.54. The van der Waals surface area contributed by atoms with E-state index in [1.807, 2.05) is 12.1 Å². The number of nitrogens with one attached hydrogen (secondary N) is 1. The summed E-state index contributed by atoms with van der Waals surface area (Å²) < 4.78 is 0. The molecule has 1 aromatic heterocycles. The van der Waals surface area contributed by atoms with Gasteiger partial charge in [0, 0.05) is 12.0 Å². The zero-order valence-electron chi connectivity index (χ0n) is 10.6. The Morgan fingerprint density at radius 1 is 1.30 bits per heavy atom. The highest BCUT2D eigenvalue weighted by Crippen LogP contribution is 2.23. The van der Waals surface area contributed by atoms with Crippen molar-refractivity contribution in [2.24, 2.45) is 0 Å². The number of aliphatic hydroxyl groups is 1. The number of aromatic amines is 1. The molecule has 0 saturated heterocycles. The molecule has 6 N–H and O–H groups in total. The van der Waals surface area contributed by atoms with Gasteiger partial charge in [0.25, 0.3) is 5.56 Å². The van der Waals surface area contributed by atoms with Crippen molar-refractivity contribution >= 4 is 11.5 Å². The Labute approximate surface area is 115 Å². The topological polar surface area (TPSA) is 129 Å². The molecule has 102 valence electrons. The molecule has 0 spiro atoms. The zero-order valence-corrected chi connectivity index (χ0v) is 10.6. The molecule has 0 amide bonds. The van der Waals surface area contributed by atoms with Crippen molar-refractivity contribution in [3.8, 4) is 6.07 Å². The van der Waals surface area contributed by atoms with Gasteiger partial charge >= 0.3 is 0 Å². The van der Waals surface area contributed by atoms with Crippen LogP contribution in [0.3, 0.4) is 0 Å². The molecule has 0 aliphatic carbocycles. The Morgan fingerprint density at radius 2 is 1.95 bits per heavy atom. The highest BCUT2D eigenvalue weighted by Gasteiger charge is 2.17. The van der Waals surface area contributed by atoms with Crippen LogP contribution in [0.15, 0.2) is 35.1 Å². The number of anilines is 2. The van der Waals surface area contributed by atoms with Gasteiger partial charge in [-0.1, -0.05) is 30.3 Å². The van der Waals surface area contributed by atoms with Gasteiger partial charge in [0.15, 0.2) is 0 Å². The van der Waals surface area contributed by atoms with E-state index in [1.54, 1.807) is 24.3 Å². The SMILES string of the molecule is N#Cc1c(N)[nH]c(=O)c(CC(O)c2ccccc2)c1N. The van der Waals surface area contributed by atoms with Crippen molar-refractivity contribution in [1.29, 1.82) is 5.26 Å². The summed E-state index contributed by atoms with van der Waals surface area (Å²) in [4.78, 5) is 14.2. The van der Waals surface area contributed by atoms with Gasteiger partial charge in [-0.15, -0.1) is 0 Å². The molecule has 2 aromatic rings. The molecular formula is C14H14N4O2. The van der Waals surface area contributed by atoms with E-state index in [9.17, 15) is 9.90 Å². The number of benzene rings is 1. The molecule has 2 rings (SSSR count). The van der Waals surface area contributed by atoms with E-state index in [2.05, 4.69) is 4.98 Å². The third-order valence-corrected chi connectivity index (χ3v) is 3.08. The molecule has 1 heterocycles. The lowest BCUT2D eigenvalue weighted by Gasteiger charge is -2.13. The van der Waals surface area contributed by atoms with Crippen molar-refractivity contribution in [2.75, 3.05) is 11.5 Å². The monoisotopic (exact) mass is 270 g/mol. The number of nitriles is 1. The summed E-state index contributed by atoms with van der Waals surface area (Å²) in [6, 6.07) is 10.7. The van der Waals surface area contributed by atoms with Crippen molar-refractivity contribution in [3.05, 3.63) is 57.4 Å². The summed E-state index contributed by atoms with van der Waals surface area (Å²) in [5.41, 5.74) is 11.7. The molecule has 0 fully saturated rings. The van der Waals surface area contributed by atoms with Crippen LogP contribution in [-0.4, -0.2) is 10.1 Å². The van der Waals surface area contributed by atoms with Crippen molar-refractivity contribution in [2.45, 2.75) is 12.5 Å². The number of H-pyrrole nitrogens is 1. The normalized spacial score (nSPS) is 11.8. The van der Waals surface area contributed by atoms with Crippen molar-refractivity contribution < 1.29 is 5.11 Å². The van der Waals surface area contributed by atoms with E-state index in [0.717, 1.165) is 0 Å². The predicted molar refractivity (Wildman–Crippen MR) is 75.7 cm³/mol. The molecule has 1 unspecified atom stereocenters. The smallest absolute Gasteiger partial charge is 0.254 e. The maximum atomic E-state index is 11.9. The van der Waals surface area contributed by atoms with Crippen LogP contribution >= 0.6 is 0 Å². The molecule has 0 aliphatic heterocycles. The number of nitrogens with two attached hydrogens (primary N) is 2. The standard InChI is InChI=1S/C14H14N4O2/c15-7-10-12(16)9(14(20)18-13(10)17)6-11(19)8-4-2-1-3-5-8/h1-5,11,19H,6H2,(H5,16,17,18,20). The van der Waals surface area contributed by atoms with E-state index < -0.39 is 11.7 Å². The van der Waals surface area contributed by atoms with Crippen LogP contribution in [0.5, 0.6) is 0 Å². The van der Waals surface area contributed by atoms with Gasteiger partial charge in [0.2, 0.25) is 0 Å². The lowest BCUT2D eigenvalue weighted by atomic mass is 10.00. The minimum absolute atomic E-state index is 0.0140. The van der Waals surface area contributed by atoms with E-state index in [0.29, 0.717) is 5.56 Å². The van der Waals surface area contributed by atoms with Crippen LogP contribution in [0.25, 0.3) is 0 Å². The van der Waals surface area contributed by atoms with E-state index in [4.69, 9.17) is 16.7 Å². The number of hydrogen-bond donors (Lipinski definition) is 4. The quantitative estimate of drug-likeness (QED) is 0.652. The summed E-state index contributed by atoms with van der Waals surface area (Å²) in [5, 5.41) is 19.1. The Morgan fingerprint density at radius 3 is 2.55 bits per heavy atom. The molecule has 1 aromatic carbocycles. The number of aromatic nitrogens is 1. The third-order valence-electron chi connectivity index (χ3n) is 3.08. The molecule has 1 atom stereocenters. The first-order valence-electron chi connectivity index (χ1n) is 5.97. The Balaban J connectivity index is 2.40. The molecule has 20 heavy (non-hydrogen) atoms. The average Bonchev–Trinajstić information content (AvgIpc) is 2.44. The third kappa shape index (κ3) is 2.48. The lowest BCUT2D eigenvalue weighted by Crippen LogP contribution is -2.21. The molecule has 0 bridgehead atoms. The van der Waals surface area contributed by atoms with Gasteiger partial charge in [-0.3, -0.25) is 4.79 Å². The number of hydrogen-bond acceptors (Lipinski definition) is 5. The molecule has 6 nitrogen and oxygen atoms in total.